The summed E-state index contributed by atoms with van der Waals surface area (Å²) < 4.78 is 19.4. The number of rotatable bonds is 6. The van der Waals surface area contributed by atoms with Gasteiger partial charge in [-0.1, -0.05) is 66.7 Å². The van der Waals surface area contributed by atoms with Crippen molar-refractivity contribution in [1.29, 1.82) is 5.26 Å². The number of ether oxygens (including phenoxy) is 1. The molecule has 2 atom stereocenters. The van der Waals surface area contributed by atoms with Gasteiger partial charge in [0.05, 0.1) is 17.5 Å². The standard InChI is InChI=1S/C29H29FN2O2/c1-21(22-9-11-23(12-10-22)24-13-15-26(30)16-14-24)32-18-17-29(34-27(32)33,19-28(2,3)20-31)25-7-5-4-6-8-25/h4-16,21H,17-19H2,1-3H3/t21-,29+/m0/s1. The third-order valence-corrected chi connectivity index (χ3v) is 6.64. The third kappa shape index (κ3) is 4.82. The van der Waals surface area contributed by atoms with Gasteiger partial charge in [-0.3, -0.25) is 0 Å². The Balaban J connectivity index is 1.54. The summed E-state index contributed by atoms with van der Waals surface area (Å²) in [6, 6.07) is 26.3. The van der Waals surface area contributed by atoms with E-state index < -0.39 is 11.0 Å². The molecule has 1 aliphatic heterocycles. The maximum absolute atomic E-state index is 13.3. The van der Waals surface area contributed by atoms with Crippen LogP contribution in [0.25, 0.3) is 11.1 Å². The number of cyclic esters (lactones) is 1. The molecule has 1 fully saturated rings. The molecule has 1 aliphatic rings. The first-order chi connectivity index (χ1) is 16.2. The Bertz CT molecular complexity index is 1180. The molecule has 4 nitrogen and oxygen atoms in total. The molecule has 0 N–H and O–H groups in total. The first-order valence-electron chi connectivity index (χ1n) is 11.6. The Morgan fingerprint density at radius 2 is 1.62 bits per heavy atom. The van der Waals surface area contributed by atoms with Crippen molar-refractivity contribution >= 4 is 6.09 Å². The van der Waals surface area contributed by atoms with Crippen molar-refractivity contribution in [3.8, 4) is 17.2 Å². The average molecular weight is 457 g/mol. The zero-order valence-corrected chi connectivity index (χ0v) is 19.8. The van der Waals surface area contributed by atoms with E-state index in [1.165, 1.54) is 12.1 Å². The zero-order chi connectivity index (χ0) is 24.3. The molecule has 0 aliphatic carbocycles. The van der Waals surface area contributed by atoms with Gasteiger partial charge < -0.3 is 9.64 Å². The number of carbonyl (C=O) groups is 1. The summed E-state index contributed by atoms with van der Waals surface area (Å²) in [5, 5.41) is 9.64. The molecule has 0 spiro atoms. The quantitative estimate of drug-likeness (QED) is 0.393. The third-order valence-electron chi connectivity index (χ3n) is 6.64. The minimum absolute atomic E-state index is 0.174. The fourth-order valence-electron chi connectivity index (χ4n) is 4.72. The molecule has 3 aromatic rings. The van der Waals surface area contributed by atoms with Gasteiger partial charge in [0.2, 0.25) is 0 Å². The number of amides is 1. The van der Waals surface area contributed by atoms with E-state index in [-0.39, 0.29) is 18.0 Å². The van der Waals surface area contributed by atoms with Crippen molar-refractivity contribution in [2.45, 2.75) is 45.3 Å². The summed E-state index contributed by atoms with van der Waals surface area (Å²) in [6.07, 6.45) is 0.658. The number of carbonyl (C=O) groups excluding carboxylic acids is 1. The van der Waals surface area contributed by atoms with Gasteiger partial charge in [-0.2, -0.15) is 5.26 Å². The van der Waals surface area contributed by atoms with Crippen LogP contribution in [0.1, 0.15) is 50.8 Å². The summed E-state index contributed by atoms with van der Waals surface area (Å²) >= 11 is 0. The number of benzene rings is 3. The Morgan fingerprint density at radius 1 is 1.03 bits per heavy atom. The number of hydrogen-bond donors (Lipinski definition) is 0. The normalized spacial score (nSPS) is 19.3. The van der Waals surface area contributed by atoms with E-state index in [1.807, 2.05) is 75.4 Å². The monoisotopic (exact) mass is 456 g/mol. The highest BCUT2D eigenvalue weighted by Crippen LogP contribution is 2.44. The lowest BCUT2D eigenvalue weighted by Gasteiger charge is -2.45. The molecule has 0 radical (unpaired) electrons. The van der Waals surface area contributed by atoms with Gasteiger partial charge in [-0.05, 0) is 55.2 Å². The van der Waals surface area contributed by atoms with Crippen molar-refractivity contribution in [2.75, 3.05) is 6.54 Å². The van der Waals surface area contributed by atoms with Gasteiger partial charge in [0.15, 0.2) is 0 Å². The van der Waals surface area contributed by atoms with Crippen molar-refractivity contribution < 1.29 is 13.9 Å². The number of halogens is 1. The molecule has 0 saturated carbocycles. The highest BCUT2D eigenvalue weighted by atomic mass is 19.1. The summed E-state index contributed by atoms with van der Waals surface area (Å²) in [5.41, 5.74) is 2.36. The second kappa shape index (κ2) is 9.30. The molecule has 1 saturated heterocycles. The largest absolute Gasteiger partial charge is 0.438 e. The van der Waals surface area contributed by atoms with Gasteiger partial charge in [0, 0.05) is 19.4 Å². The first-order valence-corrected chi connectivity index (χ1v) is 11.6. The molecule has 0 aromatic heterocycles. The van der Waals surface area contributed by atoms with Crippen LogP contribution in [-0.4, -0.2) is 17.5 Å². The molecule has 1 heterocycles. The van der Waals surface area contributed by atoms with E-state index in [1.54, 1.807) is 17.0 Å². The van der Waals surface area contributed by atoms with E-state index in [4.69, 9.17) is 4.74 Å². The summed E-state index contributed by atoms with van der Waals surface area (Å²) in [4.78, 5) is 15.0. The second-order valence-corrected chi connectivity index (χ2v) is 9.65. The van der Waals surface area contributed by atoms with Crippen LogP contribution in [0.15, 0.2) is 78.9 Å². The molecule has 174 valence electrons. The van der Waals surface area contributed by atoms with Gasteiger partial charge >= 0.3 is 6.09 Å². The Labute approximate surface area is 200 Å². The fraction of sp³-hybridized carbons (Fsp3) is 0.310. The minimum atomic E-state index is -0.833. The second-order valence-electron chi connectivity index (χ2n) is 9.65. The van der Waals surface area contributed by atoms with Crippen LogP contribution < -0.4 is 0 Å². The topological polar surface area (TPSA) is 53.3 Å². The first kappa shape index (κ1) is 23.5. The van der Waals surface area contributed by atoms with E-state index in [0.29, 0.717) is 19.4 Å². The number of hydrogen-bond acceptors (Lipinski definition) is 3. The van der Waals surface area contributed by atoms with E-state index >= 15 is 0 Å². The van der Waals surface area contributed by atoms with E-state index in [0.717, 1.165) is 22.3 Å². The Hall–Kier alpha value is -3.65. The van der Waals surface area contributed by atoms with E-state index in [9.17, 15) is 14.4 Å². The lowest BCUT2D eigenvalue weighted by molar-refractivity contribution is -0.0770. The molecule has 0 bridgehead atoms. The Morgan fingerprint density at radius 3 is 2.18 bits per heavy atom. The molecule has 1 amide bonds. The maximum Gasteiger partial charge on any atom is 0.411 e. The lowest BCUT2D eigenvalue weighted by atomic mass is 9.75. The van der Waals surface area contributed by atoms with Gasteiger partial charge in [0.25, 0.3) is 0 Å². The predicted molar refractivity (Wildman–Crippen MR) is 130 cm³/mol. The van der Waals surface area contributed by atoms with Crippen LogP contribution in [0.5, 0.6) is 0 Å². The van der Waals surface area contributed by atoms with Crippen LogP contribution in [0.2, 0.25) is 0 Å². The summed E-state index contributed by atoms with van der Waals surface area (Å²) in [5.74, 6) is -0.262. The molecular formula is C29H29FN2O2. The smallest absolute Gasteiger partial charge is 0.411 e. The molecule has 4 rings (SSSR count). The minimum Gasteiger partial charge on any atom is -0.438 e. The van der Waals surface area contributed by atoms with E-state index in [2.05, 4.69) is 6.07 Å². The van der Waals surface area contributed by atoms with Crippen LogP contribution >= 0.6 is 0 Å². The van der Waals surface area contributed by atoms with Crippen molar-refractivity contribution in [3.63, 3.8) is 0 Å². The average Bonchev–Trinajstić information content (AvgIpc) is 2.85. The van der Waals surface area contributed by atoms with Crippen molar-refractivity contribution in [3.05, 3.63) is 95.8 Å². The highest BCUT2D eigenvalue weighted by Gasteiger charge is 2.46. The molecule has 0 unspecified atom stereocenters. The highest BCUT2D eigenvalue weighted by molar-refractivity contribution is 5.70. The molecule has 3 aromatic carbocycles. The fourth-order valence-corrected chi connectivity index (χ4v) is 4.72. The molecule has 5 heteroatoms. The number of nitrogens with zero attached hydrogens (tertiary/aromatic N) is 2. The van der Waals surface area contributed by atoms with Crippen molar-refractivity contribution in [1.82, 2.24) is 4.90 Å². The van der Waals surface area contributed by atoms with Gasteiger partial charge in [-0.25, -0.2) is 9.18 Å². The van der Waals surface area contributed by atoms with Gasteiger partial charge in [0.1, 0.15) is 11.4 Å². The van der Waals surface area contributed by atoms with Gasteiger partial charge in [-0.15, -0.1) is 0 Å². The Kier molecular flexibility index (Phi) is 6.43. The van der Waals surface area contributed by atoms with Crippen LogP contribution in [0.4, 0.5) is 9.18 Å². The van der Waals surface area contributed by atoms with Crippen LogP contribution in [0.3, 0.4) is 0 Å². The molecule has 34 heavy (non-hydrogen) atoms. The predicted octanol–water partition coefficient (Wildman–Crippen LogP) is 7.23. The van der Waals surface area contributed by atoms with Crippen LogP contribution in [-0.2, 0) is 10.3 Å². The number of nitriles is 1. The summed E-state index contributed by atoms with van der Waals surface area (Å²) in [6.45, 7) is 6.27. The zero-order valence-electron chi connectivity index (χ0n) is 19.8. The van der Waals surface area contributed by atoms with Crippen LogP contribution in [0, 0.1) is 22.6 Å². The molecular weight excluding hydrogens is 427 g/mol. The SMILES string of the molecule is C[C@@H](c1ccc(-c2ccc(F)cc2)cc1)N1CC[C@@](CC(C)(C)C#N)(c2ccccc2)OC1=O. The van der Waals surface area contributed by atoms with Crippen molar-refractivity contribution in [2.24, 2.45) is 5.41 Å². The maximum atomic E-state index is 13.3. The summed E-state index contributed by atoms with van der Waals surface area (Å²) in [7, 11) is 0. The lowest BCUT2D eigenvalue weighted by Crippen LogP contribution is -2.50.